The van der Waals surface area contributed by atoms with E-state index in [0.29, 0.717) is 0 Å². The Morgan fingerprint density at radius 2 is 1.81 bits per heavy atom. The van der Waals surface area contributed by atoms with E-state index in [4.69, 9.17) is 15.6 Å². The Morgan fingerprint density at radius 1 is 1.29 bits per heavy atom. The largest absolute Gasteiger partial charge is 0.491 e. The zero-order valence-corrected chi connectivity index (χ0v) is 13.6. The van der Waals surface area contributed by atoms with Gasteiger partial charge >= 0.3 is 5.97 Å². The molecule has 2 atom stereocenters. The smallest absolute Gasteiger partial charge is 0.323 e. The van der Waals surface area contributed by atoms with Crippen molar-refractivity contribution in [3.8, 4) is 5.75 Å². The number of ether oxygens (including phenoxy) is 1. The minimum Gasteiger partial charge on any atom is -0.491 e. The predicted octanol–water partition coefficient (Wildman–Crippen LogP) is 3.33. The topological polar surface area (TPSA) is 72.5 Å². The van der Waals surface area contributed by atoms with E-state index >= 15 is 0 Å². The van der Waals surface area contributed by atoms with Crippen LogP contribution in [0.3, 0.4) is 0 Å². The summed E-state index contributed by atoms with van der Waals surface area (Å²) in [6.07, 6.45) is 1.05. The minimum atomic E-state index is -1.27. The van der Waals surface area contributed by atoms with Crippen LogP contribution < -0.4 is 10.5 Å². The van der Waals surface area contributed by atoms with Crippen molar-refractivity contribution >= 4 is 5.97 Å². The van der Waals surface area contributed by atoms with Gasteiger partial charge in [0.15, 0.2) is 0 Å². The van der Waals surface area contributed by atoms with E-state index < -0.39 is 11.5 Å². The molecule has 0 radical (unpaired) electrons. The average molecular weight is 293 g/mol. The van der Waals surface area contributed by atoms with Gasteiger partial charge in [-0.25, -0.2) is 0 Å². The summed E-state index contributed by atoms with van der Waals surface area (Å²) in [6, 6.07) is 7.98. The second-order valence-corrected chi connectivity index (χ2v) is 6.62. The lowest BCUT2D eigenvalue weighted by molar-refractivity contribution is -0.143. The molecule has 1 aromatic carbocycles. The van der Waals surface area contributed by atoms with E-state index in [9.17, 15) is 4.79 Å². The van der Waals surface area contributed by atoms with Crippen LogP contribution in [0.4, 0.5) is 0 Å². The summed E-state index contributed by atoms with van der Waals surface area (Å²) in [5.41, 5.74) is 5.86. The van der Waals surface area contributed by atoms with Crippen LogP contribution in [-0.2, 0) is 10.2 Å². The van der Waals surface area contributed by atoms with Crippen molar-refractivity contribution in [1.29, 1.82) is 0 Å². The normalized spacial score (nSPS) is 16.1. The Kier molecular flexibility index (Phi) is 5.40. The van der Waals surface area contributed by atoms with E-state index in [0.717, 1.165) is 12.2 Å². The van der Waals surface area contributed by atoms with Gasteiger partial charge in [0.05, 0.1) is 6.10 Å². The van der Waals surface area contributed by atoms with E-state index in [1.54, 1.807) is 0 Å². The Labute approximate surface area is 127 Å². The van der Waals surface area contributed by atoms with Crippen molar-refractivity contribution in [3.05, 3.63) is 29.8 Å². The summed E-state index contributed by atoms with van der Waals surface area (Å²) < 4.78 is 5.76. The fourth-order valence-corrected chi connectivity index (χ4v) is 2.15. The summed E-state index contributed by atoms with van der Waals surface area (Å²) in [4.78, 5) is 11.0. The summed E-state index contributed by atoms with van der Waals surface area (Å²) in [5.74, 6) is -0.280. The van der Waals surface area contributed by atoms with Crippen molar-refractivity contribution < 1.29 is 14.6 Å². The molecule has 21 heavy (non-hydrogen) atoms. The highest BCUT2D eigenvalue weighted by Gasteiger charge is 2.30. The van der Waals surface area contributed by atoms with Crippen LogP contribution in [0.25, 0.3) is 0 Å². The van der Waals surface area contributed by atoms with Gasteiger partial charge in [0.1, 0.15) is 11.3 Å². The molecule has 0 heterocycles. The highest BCUT2D eigenvalue weighted by molar-refractivity contribution is 5.77. The number of nitrogens with two attached hydrogens (primary N) is 1. The van der Waals surface area contributed by atoms with E-state index in [1.807, 2.05) is 19.1 Å². The molecule has 3 N–H and O–H groups in total. The van der Waals surface area contributed by atoms with Crippen LogP contribution in [0, 0.1) is 0 Å². The molecule has 2 unspecified atom stereocenters. The maximum Gasteiger partial charge on any atom is 0.323 e. The maximum absolute atomic E-state index is 11.0. The molecular weight excluding hydrogens is 266 g/mol. The summed E-state index contributed by atoms with van der Waals surface area (Å²) in [7, 11) is 0. The Hall–Kier alpha value is -1.55. The molecule has 0 saturated heterocycles. The Bertz CT molecular complexity index is 477. The maximum atomic E-state index is 11.0. The van der Waals surface area contributed by atoms with Crippen LogP contribution in [-0.4, -0.2) is 22.7 Å². The highest BCUT2D eigenvalue weighted by Crippen LogP contribution is 2.28. The number of carboxylic acids is 1. The van der Waals surface area contributed by atoms with Crippen LogP contribution in [0.5, 0.6) is 5.75 Å². The van der Waals surface area contributed by atoms with Crippen LogP contribution >= 0.6 is 0 Å². The van der Waals surface area contributed by atoms with Gasteiger partial charge in [-0.1, -0.05) is 32.9 Å². The fraction of sp³-hybridized carbons (Fsp3) is 0.588. The Morgan fingerprint density at radius 3 is 2.24 bits per heavy atom. The van der Waals surface area contributed by atoms with Gasteiger partial charge in [0, 0.05) is 6.42 Å². The molecule has 118 valence electrons. The van der Waals surface area contributed by atoms with Crippen molar-refractivity contribution in [2.24, 2.45) is 5.73 Å². The third kappa shape index (κ3) is 4.74. The van der Waals surface area contributed by atoms with Gasteiger partial charge in [-0.15, -0.1) is 0 Å². The molecule has 0 spiro atoms. The monoisotopic (exact) mass is 293 g/mol. The fourth-order valence-electron chi connectivity index (χ4n) is 2.15. The van der Waals surface area contributed by atoms with E-state index in [2.05, 4.69) is 32.9 Å². The molecular formula is C17H27NO3. The van der Waals surface area contributed by atoms with Gasteiger partial charge in [-0.3, -0.25) is 4.79 Å². The van der Waals surface area contributed by atoms with Crippen molar-refractivity contribution in [3.63, 3.8) is 0 Å². The number of rotatable bonds is 7. The molecule has 0 saturated carbocycles. The van der Waals surface area contributed by atoms with E-state index in [-0.39, 0.29) is 17.9 Å². The number of carboxylic acid groups (broad SMARTS) is 1. The first kappa shape index (κ1) is 17.5. The molecule has 0 aromatic heterocycles. The molecule has 0 aliphatic rings. The van der Waals surface area contributed by atoms with Crippen LogP contribution in [0.2, 0.25) is 0 Å². The Balaban J connectivity index is 2.70. The van der Waals surface area contributed by atoms with Gasteiger partial charge in [-0.2, -0.15) is 0 Å². The first-order valence-corrected chi connectivity index (χ1v) is 7.38. The van der Waals surface area contributed by atoms with Gasteiger partial charge in [0.25, 0.3) is 0 Å². The molecule has 1 aromatic rings. The predicted molar refractivity (Wildman–Crippen MR) is 84.7 cm³/mol. The third-order valence-electron chi connectivity index (χ3n) is 4.06. The standard InChI is InChI=1S/C17H27NO3/c1-6-16(3,4)13-7-9-14(10-8-13)21-12(2)11-17(5,18)15(19)20/h7-10,12H,6,11,18H2,1-5H3,(H,19,20). The zero-order chi connectivity index (χ0) is 16.3. The molecule has 0 aliphatic carbocycles. The number of hydrogen-bond donors (Lipinski definition) is 2. The van der Waals surface area contributed by atoms with Crippen LogP contribution in [0.15, 0.2) is 24.3 Å². The molecule has 0 bridgehead atoms. The second kappa shape index (κ2) is 6.48. The highest BCUT2D eigenvalue weighted by atomic mass is 16.5. The SMILES string of the molecule is CCC(C)(C)c1ccc(OC(C)CC(C)(N)C(=O)O)cc1. The number of hydrogen-bond acceptors (Lipinski definition) is 3. The van der Waals surface area contributed by atoms with Crippen molar-refractivity contribution in [1.82, 2.24) is 0 Å². The van der Waals surface area contributed by atoms with Crippen molar-refractivity contribution in [2.45, 2.75) is 64.5 Å². The lowest BCUT2D eigenvalue weighted by Crippen LogP contribution is -2.47. The minimum absolute atomic E-state index is 0.142. The van der Waals surface area contributed by atoms with Gasteiger partial charge in [-0.05, 0) is 43.4 Å². The molecule has 4 heteroatoms. The average Bonchev–Trinajstić information content (AvgIpc) is 2.38. The first-order valence-electron chi connectivity index (χ1n) is 7.38. The first-order chi connectivity index (χ1) is 9.58. The lowest BCUT2D eigenvalue weighted by atomic mass is 9.82. The summed E-state index contributed by atoms with van der Waals surface area (Å²) in [6.45, 7) is 9.91. The number of aliphatic carboxylic acids is 1. The van der Waals surface area contributed by atoms with Crippen LogP contribution in [0.1, 0.15) is 53.0 Å². The third-order valence-corrected chi connectivity index (χ3v) is 4.06. The van der Waals surface area contributed by atoms with Crippen molar-refractivity contribution in [2.75, 3.05) is 0 Å². The number of carbonyl (C=O) groups is 1. The molecule has 4 nitrogen and oxygen atoms in total. The molecule has 0 fully saturated rings. The zero-order valence-electron chi connectivity index (χ0n) is 13.6. The lowest BCUT2D eigenvalue weighted by Gasteiger charge is -2.25. The summed E-state index contributed by atoms with van der Waals surface area (Å²) in [5, 5.41) is 9.03. The van der Waals surface area contributed by atoms with E-state index in [1.165, 1.54) is 12.5 Å². The molecule has 0 aliphatic heterocycles. The molecule has 0 amide bonds. The quantitative estimate of drug-likeness (QED) is 0.808. The number of benzene rings is 1. The summed E-state index contributed by atoms with van der Waals surface area (Å²) >= 11 is 0. The van der Waals surface area contributed by atoms with Gasteiger partial charge < -0.3 is 15.6 Å². The van der Waals surface area contributed by atoms with Gasteiger partial charge in [0.2, 0.25) is 0 Å². The molecule has 1 rings (SSSR count). The second-order valence-electron chi connectivity index (χ2n) is 6.62.